The summed E-state index contributed by atoms with van der Waals surface area (Å²) in [5.74, 6) is -0.803. The first-order valence-electron chi connectivity index (χ1n) is 13.1. The predicted molar refractivity (Wildman–Crippen MR) is 159 cm³/mol. The van der Waals surface area contributed by atoms with Crippen molar-refractivity contribution in [3.8, 4) is 11.1 Å². The van der Waals surface area contributed by atoms with Crippen LogP contribution < -0.4 is 5.32 Å². The van der Waals surface area contributed by atoms with Crippen molar-refractivity contribution in [3.05, 3.63) is 88.9 Å². The average molecular weight is 555 g/mol. The third-order valence-corrected chi connectivity index (χ3v) is 7.70. The summed E-state index contributed by atoms with van der Waals surface area (Å²) in [6.07, 6.45) is 3.29. The third-order valence-electron chi connectivity index (χ3n) is 6.46. The maximum absolute atomic E-state index is 10.9. The first-order chi connectivity index (χ1) is 18.1. The number of nitrogens with zero attached hydrogens (tertiary/aromatic N) is 1. The van der Waals surface area contributed by atoms with Crippen LogP contribution in [-0.4, -0.2) is 52.3 Å². The summed E-state index contributed by atoms with van der Waals surface area (Å²) < 4.78 is 2.02. The van der Waals surface area contributed by atoms with Gasteiger partial charge in [-0.1, -0.05) is 72.3 Å². The molecule has 0 unspecified atom stereocenters. The van der Waals surface area contributed by atoms with Crippen LogP contribution >= 0.6 is 23.5 Å². The van der Waals surface area contributed by atoms with Gasteiger partial charge in [-0.2, -0.15) is 0 Å². The fourth-order valence-electron chi connectivity index (χ4n) is 4.37. The smallest absolute Gasteiger partial charge is 0.303 e. The molecule has 0 saturated carbocycles. The highest BCUT2D eigenvalue weighted by Crippen LogP contribution is 2.33. The third kappa shape index (κ3) is 10.4. The van der Waals surface area contributed by atoms with Gasteiger partial charge in [0.1, 0.15) is 0 Å². The predicted octanol–water partition coefficient (Wildman–Crippen LogP) is 6.72. The number of rotatable bonds is 15. The molecule has 3 aromatic rings. The van der Waals surface area contributed by atoms with Gasteiger partial charge in [0.2, 0.25) is 0 Å². The van der Waals surface area contributed by atoms with Crippen molar-refractivity contribution in [2.24, 2.45) is 0 Å². The van der Waals surface area contributed by atoms with E-state index < -0.39 is 12.1 Å². The zero-order valence-electron chi connectivity index (χ0n) is 22.5. The molecule has 0 fully saturated rings. The largest absolute Gasteiger partial charge is 0.481 e. The normalized spacial score (nSPS) is 12.6. The monoisotopic (exact) mass is 554 g/mol. The molecule has 3 N–H and O–H groups in total. The van der Waals surface area contributed by atoms with Crippen LogP contribution in [-0.2, 0) is 17.6 Å². The Morgan fingerprint density at radius 1 is 1.03 bits per heavy atom. The Hall–Kier alpha value is -2.35. The molecular formula is C31H39ClN2O3S. The van der Waals surface area contributed by atoms with Gasteiger partial charge in [-0.3, -0.25) is 4.79 Å². The molecular weight excluding hydrogens is 516 g/mol. The fourth-order valence-corrected chi connectivity index (χ4v) is 5.63. The van der Waals surface area contributed by atoms with Crippen molar-refractivity contribution in [3.63, 3.8) is 0 Å². The second kappa shape index (κ2) is 14.7. The fraction of sp³-hybridized carbons (Fsp3) is 0.387. The van der Waals surface area contributed by atoms with E-state index in [4.69, 9.17) is 16.7 Å². The Kier molecular flexibility index (Phi) is 11.7. The molecule has 38 heavy (non-hydrogen) atoms. The quantitative estimate of drug-likeness (QED) is 0.181. The average Bonchev–Trinajstić information content (AvgIpc) is 2.87. The molecule has 0 heterocycles. The molecule has 1 atom stereocenters. The SMILES string of the molecule is CN(C[C@H](O)CNC(C)(C)CCCc1ccccc1)Sc1ccc(-c2cccc(CCC(=O)O)c2)c(Cl)c1. The number of likely N-dealkylation sites (N-methyl/N-ethyl adjacent to an activating group) is 1. The van der Waals surface area contributed by atoms with Crippen LogP contribution in [0.5, 0.6) is 0 Å². The number of β-amino-alcohol motifs (C(OH)–C–C–N with tert-alkyl or cyclic N) is 1. The second-order valence-electron chi connectivity index (χ2n) is 10.4. The number of benzene rings is 3. The van der Waals surface area contributed by atoms with E-state index >= 15 is 0 Å². The van der Waals surface area contributed by atoms with Crippen molar-refractivity contribution >= 4 is 29.5 Å². The lowest BCUT2D eigenvalue weighted by Gasteiger charge is -2.29. The lowest BCUT2D eigenvalue weighted by atomic mass is 9.95. The van der Waals surface area contributed by atoms with E-state index in [1.54, 1.807) is 11.9 Å². The number of aliphatic carboxylic acids is 1. The van der Waals surface area contributed by atoms with Crippen molar-refractivity contribution in [1.29, 1.82) is 0 Å². The van der Waals surface area contributed by atoms with E-state index in [9.17, 15) is 9.90 Å². The summed E-state index contributed by atoms with van der Waals surface area (Å²) >= 11 is 8.17. The van der Waals surface area contributed by atoms with Gasteiger partial charge in [0.05, 0.1) is 6.10 Å². The number of aryl methyl sites for hydroxylation is 2. The Balaban J connectivity index is 1.46. The summed E-state index contributed by atoms with van der Waals surface area (Å²) in [5.41, 5.74) is 4.17. The van der Waals surface area contributed by atoms with Crippen molar-refractivity contribution < 1.29 is 15.0 Å². The van der Waals surface area contributed by atoms with E-state index in [2.05, 4.69) is 43.4 Å². The van der Waals surface area contributed by atoms with E-state index in [0.29, 0.717) is 24.5 Å². The van der Waals surface area contributed by atoms with Crippen molar-refractivity contribution in [2.75, 3.05) is 20.1 Å². The van der Waals surface area contributed by atoms with Crippen LogP contribution in [0.25, 0.3) is 11.1 Å². The summed E-state index contributed by atoms with van der Waals surface area (Å²) in [7, 11) is 1.96. The number of carbonyl (C=O) groups is 1. The number of hydrogen-bond donors (Lipinski definition) is 3. The minimum Gasteiger partial charge on any atom is -0.481 e. The maximum atomic E-state index is 10.9. The maximum Gasteiger partial charge on any atom is 0.303 e. The van der Waals surface area contributed by atoms with Crippen LogP contribution in [0.1, 0.15) is 44.2 Å². The van der Waals surface area contributed by atoms with Gasteiger partial charge in [-0.25, -0.2) is 4.31 Å². The Morgan fingerprint density at radius 3 is 2.47 bits per heavy atom. The minimum absolute atomic E-state index is 0.0459. The van der Waals surface area contributed by atoms with Gasteiger partial charge in [0, 0.05) is 40.5 Å². The Bertz CT molecular complexity index is 1170. The molecule has 5 nitrogen and oxygen atoms in total. The highest BCUT2D eigenvalue weighted by Gasteiger charge is 2.19. The number of aliphatic hydroxyl groups is 1. The number of carboxylic acids is 1. The minimum atomic E-state index is -0.803. The molecule has 0 spiro atoms. The lowest BCUT2D eigenvalue weighted by molar-refractivity contribution is -0.136. The Morgan fingerprint density at radius 2 is 1.76 bits per heavy atom. The van der Waals surface area contributed by atoms with Gasteiger partial charge in [-0.15, -0.1) is 0 Å². The highest BCUT2D eigenvalue weighted by molar-refractivity contribution is 7.97. The zero-order chi connectivity index (χ0) is 27.5. The van der Waals surface area contributed by atoms with E-state index in [1.807, 2.05) is 59.9 Å². The topological polar surface area (TPSA) is 72.8 Å². The molecule has 204 valence electrons. The number of aliphatic hydroxyl groups excluding tert-OH is 1. The lowest BCUT2D eigenvalue weighted by Crippen LogP contribution is -2.45. The summed E-state index contributed by atoms with van der Waals surface area (Å²) in [6, 6.07) is 24.3. The van der Waals surface area contributed by atoms with Gasteiger partial charge in [0.25, 0.3) is 0 Å². The summed E-state index contributed by atoms with van der Waals surface area (Å²) in [6.45, 7) is 5.42. The standard InChI is InChI=1S/C31H39ClN2O3S/c1-31(2,18-8-12-23-9-5-4-6-10-23)33-21-26(35)22-34(3)38-27-15-16-28(29(32)20-27)25-13-7-11-24(19-25)14-17-30(36)37/h4-7,9-11,13,15-16,19-20,26,33,35H,8,12,14,17-18,21-22H2,1-3H3,(H,36,37)/t26-/m1/s1. The summed E-state index contributed by atoms with van der Waals surface area (Å²) in [4.78, 5) is 11.9. The molecule has 0 saturated heterocycles. The molecule has 3 aromatic carbocycles. The van der Waals surface area contributed by atoms with Gasteiger partial charge in [0.15, 0.2) is 0 Å². The molecule has 0 aliphatic heterocycles. The van der Waals surface area contributed by atoms with Crippen molar-refractivity contribution in [1.82, 2.24) is 9.62 Å². The number of carboxylic acid groups (broad SMARTS) is 1. The van der Waals surface area contributed by atoms with Crippen molar-refractivity contribution in [2.45, 2.75) is 62.5 Å². The van der Waals surface area contributed by atoms with Gasteiger partial charge >= 0.3 is 5.97 Å². The molecule has 3 rings (SSSR count). The molecule has 7 heteroatoms. The van der Waals surface area contributed by atoms with Crippen LogP contribution in [0, 0.1) is 0 Å². The number of nitrogens with one attached hydrogen (secondary N) is 1. The number of hydrogen-bond acceptors (Lipinski definition) is 5. The summed E-state index contributed by atoms with van der Waals surface area (Å²) in [5, 5.41) is 23.8. The molecule has 0 amide bonds. The second-order valence-corrected chi connectivity index (χ2v) is 12.1. The molecule has 0 aliphatic carbocycles. The molecule has 0 radical (unpaired) electrons. The highest BCUT2D eigenvalue weighted by atomic mass is 35.5. The number of halogens is 1. The first-order valence-corrected chi connectivity index (χ1v) is 14.2. The van der Waals surface area contributed by atoms with Crippen LogP contribution in [0.4, 0.5) is 0 Å². The zero-order valence-corrected chi connectivity index (χ0v) is 24.1. The van der Waals surface area contributed by atoms with Gasteiger partial charge < -0.3 is 15.5 Å². The molecule has 0 bridgehead atoms. The van der Waals surface area contributed by atoms with Crippen LogP contribution in [0.15, 0.2) is 77.7 Å². The van der Waals surface area contributed by atoms with E-state index in [0.717, 1.165) is 40.8 Å². The molecule has 0 aromatic heterocycles. The molecule has 0 aliphatic rings. The van der Waals surface area contributed by atoms with E-state index in [1.165, 1.54) is 5.56 Å². The van der Waals surface area contributed by atoms with Crippen LogP contribution in [0.3, 0.4) is 0 Å². The first kappa shape index (κ1) is 30.2. The van der Waals surface area contributed by atoms with E-state index in [-0.39, 0.29) is 12.0 Å². The van der Waals surface area contributed by atoms with Crippen LogP contribution in [0.2, 0.25) is 5.02 Å². The van der Waals surface area contributed by atoms with Gasteiger partial charge in [-0.05, 0) is 87.3 Å². The Labute approximate surface area is 236 Å².